The van der Waals surface area contributed by atoms with Gasteiger partial charge in [-0.25, -0.2) is 9.59 Å². The highest BCUT2D eigenvalue weighted by atomic mass is 16.4. The summed E-state index contributed by atoms with van der Waals surface area (Å²) in [5.41, 5.74) is 0. The molecule has 4 N–H and O–H groups in total. The van der Waals surface area contributed by atoms with Crippen LogP contribution in [0.1, 0.15) is 44.9 Å². The highest BCUT2D eigenvalue weighted by Crippen LogP contribution is 2.26. The van der Waals surface area contributed by atoms with Crippen molar-refractivity contribution in [1.82, 2.24) is 10.6 Å². The van der Waals surface area contributed by atoms with Crippen LogP contribution in [0, 0.1) is 5.92 Å². The average Bonchev–Trinajstić information content (AvgIpc) is 2.87. The monoisotopic (exact) mass is 286 g/mol. The number of hydrogen-bond donors (Lipinski definition) is 4. The van der Waals surface area contributed by atoms with Crippen LogP contribution in [0.15, 0.2) is 0 Å². The van der Waals surface area contributed by atoms with Gasteiger partial charge in [-0.3, -0.25) is 4.79 Å². The molecule has 0 aliphatic heterocycles. The van der Waals surface area contributed by atoms with Gasteiger partial charge in [-0.2, -0.15) is 0 Å². The SMILES string of the molecule is O=C(O)CC[C@H](NC(=O)NCCC1CCCC1)C(=O)O. The first kappa shape index (κ1) is 16.3. The molecule has 1 fully saturated rings. The Hall–Kier alpha value is -1.79. The molecule has 0 aromatic carbocycles. The molecule has 114 valence electrons. The summed E-state index contributed by atoms with van der Waals surface area (Å²) in [5.74, 6) is -1.66. The van der Waals surface area contributed by atoms with Crippen molar-refractivity contribution in [2.45, 2.75) is 51.0 Å². The van der Waals surface area contributed by atoms with Crippen LogP contribution in [0.25, 0.3) is 0 Å². The number of carbonyl (C=O) groups is 3. The fourth-order valence-electron chi connectivity index (χ4n) is 2.42. The van der Waals surface area contributed by atoms with Crippen LogP contribution in [0.5, 0.6) is 0 Å². The Bertz CT molecular complexity index is 353. The lowest BCUT2D eigenvalue weighted by molar-refractivity contribution is -0.140. The third kappa shape index (κ3) is 6.40. The Morgan fingerprint density at radius 3 is 2.35 bits per heavy atom. The van der Waals surface area contributed by atoms with Gasteiger partial charge in [0.1, 0.15) is 6.04 Å². The number of nitrogens with one attached hydrogen (secondary N) is 2. The van der Waals surface area contributed by atoms with Crippen molar-refractivity contribution < 1.29 is 24.6 Å². The van der Waals surface area contributed by atoms with E-state index in [2.05, 4.69) is 10.6 Å². The fourth-order valence-corrected chi connectivity index (χ4v) is 2.42. The lowest BCUT2D eigenvalue weighted by atomic mass is 10.0. The van der Waals surface area contributed by atoms with Crippen molar-refractivity contribution in [3.8, 4) is 0 Å². The number of carbonyl (C=O) groups excluding carboxylic acids is 1. The lowest BCUT2D eigenvalue weighted by Gasteiger charge is -2.15. The highest BCUT2D eigenvalue weighted by molar-refractivity contribution is 5.82. The maximum Gasteiger partial charge on any atom is 0.326 e. The molecule has 20 heavy (non-hydrogen) atoms. The van der Waals surface area contributed by atoms with Crippen LogP contribution >= 0.6 is 0 Å². The topological polar surface area (TPSA) is 116 Å². The molecule has 1 aliphatic rings. The Labute approximate surface area is 117 Å². The Kier molecular flexibility index (Phi) is 6.83. The number of carboxylic acid groups (broad SMARTS) is 2. The van der Waals surface area contributed by atoms with Crippen molar-refractivity contribution in [3.63, 3.8) is 0 Å². The molecule has 2 amide bonds. The van der Waals surface area contributed by atoms with E-state index in [0.29, 0.717) is 12.5 Å². The van der Waals surface area contributed by atoms with Crippen molar-refractivity contribution in [2.75, 3.05) is 6.54 Å². The number of amides is 2. The first-order valence-corrected chi connectivity index (χ1v) is 6.98. The molecule has 7 heteroatoms. The lowest BCUT2D eigenvalue weighted by Crippen LogP contribution is -2.46. The van der Waals surface area contributed by atoms with E-state index >= 15 is 0 Å². The molecule has 0 aromatic heterocycles. The fraction of sp³-hybridized carbons (Fsp3) is 0.769. The second kappa shape index (κ2) is 8.39. The number of rotatable bonds is 8. The van der Waals surface area contributed by atoms with Crippen molar-refractivity contribution in [1.29, 1.82) is 0 Å². The van der Waals surface area contributed by atoms with Crippen molar-refractivity contribution in [2.24, 2.45) is 5.92 Å². The van der Waals surface area contributed by atoms with Crippen LogP contribution in [0.3, 0.4) is 0 Å². The van der Waals surface area contributed by atoms with Gasteiger partial charge >= 0.3 is 18.0 Å². The molecule has 0 unspecified atom stereocenters. The maximum atomic E-state index is 11.5. The zero-order valence-electron chi connectivity index (χ0n) is 11.4. The second-order valence-electron chi connectivity index (χ2n) is 5.16. The molecule has 0 heterocycles. The molecule has 7 nitrogen and oxygen atoms in total. The van der Waals surface area contributed by atoms with Crippen LogP contribution in [0.2, 0.25) is 0 Å². The smallest absolute Gasteiger partial charge is 0.326 e. The van der Waals surface area contributed by atoms with Gasteiger partial charge in [0.25, 0.3) is 0 Å². The first-order valence-electron chi connectivity index (χ1n) is 6.98. The zero-order chi connectivity index (χ0) is 15.0. The van der Waals surface area contributed by atoms with Gasteiger partial charge in [0.05, 0.1) is 0 Å². The Morgan fingerprint density at radius 2 is 1.80 bits per heavy atom. The minimum absolute atomic E-state index is 0.124. The van der Waals surface area contributed by atoms with E-state index in [4.69, 9.17) is 10.2 Å². The Morgan fingerprint density at radius 1 is 1.15 bits per heavy atom. The largest absolute Gasteiger partial charge is 0.481 e. The van der Waals surface area contributed by atoms with E-state index < -0.39 is 24.0 Å². The third-order valence-corrected chi connectivity index (χ3v) is 3.56. The number of carboxylic acids is 2. The first-order chi connectivity index (χ1) is 9.49. The minimum Gasteiger partial charge on any atom is -0.481 e. The normalized spacial score (nSPS) is 16.6. The predicted octanol–water partition coefficient (Wildman–Crippen LogP) is 1.18. The molecule has 1 aliphatic carbocycles. The summed E-state index contributed by atoms with van der Waals surface area (Å²) in [6, 6.07) is -1.72. The van der Waals surface area contributed by atoms with Crippen molar-refractivity contribution in [3.05, 3.63) is 0 Å². The second-order valence-corrected chi connectivity index (χ2v) is 5.16. The van der Waals surface area contributed by atoms with Gasteiger partial charge in [0.15, 0.2) is 0 Å². The standard InChI is InChI=1S/C13H22N2O5/c16-11(17)6-5-10(12(18)19)15-13(20)14-8-7-9-3-1-2-4-9/h9-10H,1-8H2,(H,16,17)(H,18,19)(H2,14,15,20)/t10-/m0/s1. The van der Waals surface area contributed by atoms with Gasteiger partial charge in [0.2, 0.25) is 0 Å². The van der Waals surface area contributed by atoms with E-state index in [1.165, 1.54) is 25.7 Å². The van der Waals surface area contributed by atoms with Gasteiger partial charge in [0, 0.05) is 13.0 Å². The third-order valence-electron chi connectivity index (χ3n) is 3.56. The average molecular weight is 286 g/mol. The summed E-state index contributed by atoms with van der Waals surface area (Å²) >= 11 is 0. The highest BCUT2D eigenvalue weighted by Gasteiger charge is 2.21. The molecule has 0 spiro atoms. The van der Waals surface area contributed by atoms with E-state index in [-0.39, 0.29) is 12.8 Å². The summed E-state index contributed by atoms with van der Waals surface area (Å²) < 4.78 is 0. The quantitative estimate of drug-likeness (QED) is 0.535. The molecular weight excluding hydrogens is 264 g/mol. The van der Waals surface area contributed by atoms with Crippen LogP contribution in [-0.2, 0) is 9.59 Å². The van der Waals surface area contributed by atoms with Crippen LogP contribution < -0.4 is 10.6 Å². The molecule has 0 aromatic rings. The molecular formula is C13H22N2O5. The molecule has 1 rings (SSSR count). The van der Waals surface area contributed by atoms with Crippen LogP contribution in [0.4, 0.5) is 4.79 Å². The van der Waals surface area contributed by atoms with Gasteiger partial charge in [-0.05, 0) is 18.8 Å². The van der Waals surface area contributed by atoms with E-state index in [9.17, 15) is 14.4 Å². The maximum absolute atomic E-state index is 11.5. The number of hydrogen-bond acceptors (Lipinski definition) is 3. The van der Waals surface area contributed by atoms with E-state index in [0.717, 1.165) is 6.42 Å². The van der Waals surface area contributed by atoms with Crippen LogP contribution in [-0.4, -0.2) is 40.8 Å². The molecule has 0 radical (unpaired) electrons. The summed E-state index contributed by atoms with van der Waals surface area (Å²) in [6.45, 7) is 0.516. The number of aliphatic carboxylic acids is 2. The summed E-state index contributed by atoms with van der Waals surface area (Å²) in [4.78, 5) is 32.8. The van der Waals surface area contributed by atoms with Gasteiger partial charge in [-0.1, -0.05) is 25.7 Å². The van der Waals surface area contributed by atoms with E-state index in [1.807, 2.05) is 0 Å². The number of urea groups is 1. The summed E-state index contributed by atoms with van der Waals surface area (Å²) in [7, 11) is 0. The molecule has 1 saturated carbocycles. The molecule has 0 bridgehead atoms. The molecule has 0 saturated heterocycles. The van der Waals surface area contributed by atoms with Crippen molar-refractivity contribution >= 4 is 18.0 Å². The molecule has 1 atom stereocenters. The van der Waals surface area contributed by atoms with E-state index in [1.54, 1.807) is 0 Å². The van der Waals surface area contributed by atoms with Gasteiger partial charge < -0.3 is 20.8 Å². The Balaban J connectivity index is 2.22. The minimum atomic E-state index is -1.22. The predicted molar refractivity (Wildman–Crippen MR) is 71.4 cm³/mol. The summed E-state index contributed by atoms with van der Waals surface area (Å²) in [5, 5.41) is 22.3. The zero-order valence-corrected chi connectivity index (χ0v) is 11.4. The van der Waals surface area contributed by atoms with Gasteiger partial charge in [-0.15, -0.1) is 0 Å². The summed E-state index contributed by atoms with van der Waals surface area (Å²) in [6.07, 6.45) is 5.36.